The van der Waals surface area contributed by atoms with E-state index in [0.29, 0.717) is 0 Å². The second-order valence-corrected chi connectivity index (χ2v) is 16.4. The molecule has 2 aromatic carbocycles. The summed E-state index contributed by atoms with van der Waals surface area (Å²) in [6.45, 7) is 13.0. The summed E-state index contributed by atoms with van der Waals surface area (Å²) in [5.41, 5.74) is 1.58. The van der Waals surface area contributed by atoms with Crippen molar-refractivity contribution in [1.29, 1.82) is 0 Å². The molecule has 9 heteroatoms. The van der Waals surface area contributed by atoms with E-state index in [4.69, 9.17) is 9.47 Å². The third-order valence-corrected chi connectivity index (χ3v) is 10.2. The Morgan fingerprint density at radius 2 is 1.15 bits per heavy atom. The van der Waals surface area contributed by atoms with Crippen molar-refractivity contribution in [2.24, 2.45) is 0 Å². The van der Waals surface area contributed by atoms with Crippen LogP contribution in [0.3, 0.4) is 0 Å². The molecule has 41 heavy (non-hydrogen) atoms. The SMILES string of the molecule is CC(C)(C)OC(=O)N1CCCC1Cc1ccc(Sc2ccc(CC3CCCN3C(=O)OC(C)(C)C)c(I)c2)cc1I. The molecule has 2 amide bonds. The highest BCUT2D eigenvalue weighted by Gasteiger charge is 2.33. The number of amides is 2. The lowest BCUT2D eigenvalue weighted by Gasteiger charge is -2.29. The van der Waals surface area contributed by atoms with E-state index in [2.05, 4.69) is 81.6 Å². The Kier molecular flexibility index (Phi) is 10.9. The van der Waals surface area contributed by atoms with Gasteiger partial charge in [0.25, 0.3) is 0 Å². The van der Waals surface area contributed by atoms with E-state index in [-0.39, 0.29) is 24.3 Å². The third-order valence-electron chi connectivity index (χ3n) is 7.21. The van der Waals surface area contributed by atoms with Gasteiger partial charge >= 0.3 is 12.2 Å². The molecule has 2 unspecified atom stereocenters. The van der Waals surface area contributed by atoms with Crippen LogP contribution in [0, 0.1) is 7.14 Å². The molecule has 0 bridgehead atoms. The van der Waals surface area contributed by atoms with Crippen molar-refractivity contribution in [3.8, 4) is 0 Å². The number of halogens is 2. The van der Waals surface area contributed by atoms with Crippen LogP contribution in [-0.2, 0) is 22.3 Å². The van der Waals surface area contributed by atoms with E-state index >= 15 is 0 Å². The number of carbonyl (C=O) groups is 2. The summed E-state index contributed by atoms with van der Waals surface area (Å²) in [6.07, 6.45) is 5.33. The number of hydrogen-bond acceptors (Lipinski definition) is 5. The van der Waals surface area contributed by atoms with Crippen LogP contribution in [0.5, 0.6) is 0 Å². The number of hydrogen-bond donors (Lipinski definition) is 0. The highest BCUT2D eigenvalue weighted by molar-refractivity contribution is 14.1. The van der Waals surface area contributed by atoms with Gasteiger partial charge in [0.05, 0.1) is 0 Å². The predicted octanol–water partition coefficient (Wildman–Crippen LogP) is 8.93. The summed E-state index contributed by atoms with van der Waals surface area (Å²) < 4.78 is 13.7. The predicted molar refractivity (Wildman–Crippen MR) is 182 cm³/mol. The van der Waals surface area contributed by atoms with Crippen LogP contribution in [0.15, 0.2) is 46.2 Å². The Hall–Kier alpha value is -1.21. The first-order valence-electron chi connectivity index (χ1n) is 14.4. The maximum atomic E-state index is 12.7. The zero-order valence-corrected chi connectivity index (χ0v) is 30.1. The molecule has 0 saturated carbocycles. The molecular weight excluding hydrogens is 762 g/mol. The van der Waals surface area contributed by atoms with Gasteiger partial charge in [-0.05, 0) is 161 Å². The topological polar surface area (TPSA) is 59.1 Å². The molecule has 2 aromatic rings. The summed E-state index contributed by atoms with van der Waals surface area (Å²) in [4.78, 5) is 31.7. The molecule has 224 valence electrons. The van der Waals surface area contributed by atoms with Crippen LogP contribution in [-0.4, -0.2) is 58.4 Å². The number of ether oxygens (including phenoxy) is 2. The summed E-state index contributed by atoms with van der Waals surface area (Å²) in [5, 5.41) is 0. The highest BCUT2D eigenvalue weighted by Crippen LogP contribution is 2.34. The van der Waals surface area contributed by atoms with Crippen LogP contribution in [0.2, 0.25) is 0 Å². The van der Waals surface area contributed by atoms with Gasteiger partial charge in [0.2, 0.25) is 0 Å². The van der Waals surface area contributed by atoms with Gasteiger partial charge in [0.1, 0.15) is 11.2 Å². The molecule has 0 aromatic heterocycles. The van der Waals surface area contributed by atoms with E-state index in [0.717, 1.165) is 51.6 Å². The van der Waals surface area contributed by atoms with Gasteiger partial charge in [-0.25, -0.2) is 9.59 Å². The van der Waals surface area contributed by atoms with E-state index in [1.165, 1.54) is 28.1 Å². The molecule has 0 aliphatic carbocycles. The van der Waals surface area contributed by atoms with Crippen molar-refractivity contribution in [2.75, 3.05) is 13.1 Å². The molecule has 2 atom stereocenters. The molecule has 4 rings (SSSR count). The van der Waals surface area contributed by atoms with Crippen molar-refractivity contribution >= 4 is 69.1 Å². The lowest BCUT2D eigenvalue weighted by Crippen LogP contribution is -2.40. The largest absolute Gasteiger partial charge is 0.444 e. The summed E-state index contributed by atoms with van der Waals surface area (Å²) in [5.74, 6) is 0. The van der Waals surface area contributed by atoms with Gasteiger partial charge in [0, 0.05) is 42.1 Å². The van der Waals surface area contributed by atoms with E-state index < -0.39 is 11.2 Å². The van der Waals surface area contributed by atoms with Crippen LogP contribution in [0.4, 0.5) is 9.59 Å². The monoisotopic (exact) mass is 804 g/mol. The summed E-state index contributed by atoms with van der Waals surface area (Å²) in [7, 11) is 0. The van der Waals surface area contributed by atoms with Crippen molar-refractivity contribution in [2.45, 2.75) is 113 Å². The van der Waals surface area contributed by atoms with E-state index in [9.17, 15) is 9.59 Å². The number of benzene rings is 2. The minimum atomic E-state index is -0.482. The molecule has 2 aliphatic heterocycles. The number of rotatable bonds is 6. The minimum Gasteiger partial charge on any atom is -0.444 e. The fraction of sp³-hybridized carbons (Fsp3) is 0.562. The molecule has 2 saturated heterocycles. The average molecular weight is 805 g/mol. The molecule has 2 fully saturated rings. The van der Waals surface area contributed by atoms with Crippen LogP contribution >= 0.6 is 56.9 Å². The average Bonchev–Trinajstić information content (AvgIpc) is 3.50. The van der Waals surface area contributed by atoms with Gasteiger partial charge in [-0.15, -0.1) is 0 Å². The molecular formula is C32H42I2N2O4S. The summed E-state index contributed by atoms with van der Waals surface area (Å²) in [6, 6.07) is 13.6. The Labute approximate surface area is 276 Å². The normalized spacial score (nSPS) is 19.5. The Morgan fingerprint density at radius 1 is 0.756 bits per heavy atom. The first kappa shape index (κ1) is 32.7. The molecule has 6 nitrogen and oxygen atoms in total. The van der Waals surface area contributed by atoms with E-state index in [1.807, 2.05) is 51.3 Å². The zero-order chi connectivity index (χ0) is 29.9. The van der Waals surface area contributed by atoms with Crippen LogP contribution < -0.4 is 0 Å². The number of nitrogens with zero attached hydrogens (tertiary/aromatic N) is 2. The van der Waals surface area contributed by atoms with Crippen molar-refractivity contribution in [3.05, 3.63) is 54.7 Å². The Morgan fingerprint density at radius 3 is 1.49 bits per heavy atom. The van der Waals surface area contributed by atoms with Gasteiger partial charge in [-0.3, -0.25) is 0 Å². The van der Waals surface area contributed by atoms with Crippen molar-refractivity contribution < 1.29 is 19.1 Å². The first-order chi connectivity index (χ1) is 19.2. The second kappa shape index (κ2) is 13.6. The maximum absolute atomic E-state index is 12.7. The van der Waals surface area contributed by atoms with Gasteiger partial charge in [-0.1, -0.05) is 23.9 Å². The molecule has 0 radical (unpaired) electrons. The third kappa shape index (κ3) is 9.39. The van der Waals surface area contributed by atoms with Crippen molar-refractivity contribution in [3.63, 3.8) is 0 Å². The van der Waals surface area contributed by atoms with Crippen LogP contribution in [0.25, 0.3) is 0 Å². The zero-order valence-electron chi connectivity index (χ0n) is 25.0. The maximum Gasteiger partial charge on any atom is 0.410 e. The molecule has 0 N–H and O–H groups in total. The smallest absolute Gasteiger partial charge is 0.410 e. The molecule has 2 aliphatic rings. The number of likely N-dealkylation sites (tertiary alicyclic amines) is 2. The number of carbonyl (C=O) groups excluding carboxylic acids is 2. The van der Waals surface area contributed by atoms with Gasteiger partial charge in [-0.2, -0.15) is 0 Å². The standard InChI is InChI=1S/C32H42I2N2O4S/c1-31(2,3)39-29(37)35-15-7-9-23(35)17-21-11-13-25(19-27(21)33)41-26-14-12-22(28(34)20-26)18-24-10-8-16-36(24)30(38)40-32(4,5)6/h11-14,19-20,23-24H,7-10,15-18H2,1-6H3. The lowest BCUT2D eigenvalue weighted by molar-refractivity contribution is 0.0215. The Bertz CT molecular complexity index is 1160. The summed E-state index contributed by atoms with van der Waals surface area (Å²) >= 11 is 6.61. The van der Waals surface area contributed by atoms with Crippen molar-refractivity contribution in [1.82, 2.24) is 9.80 Å². The molecule has 2 heterocycles. The first-order valence-corrected chi connectivity index (χ1v) is 17.4. The highest BCUT2D eigenvalue weighted by atomic mass is 127. The fourth-order valence-corrected chi connectivity index (χ4v) is 8.17. The fourth-order valence-electron chi connectivity index (χ4n) is 5.38. The van der Waals surface area contributed by atoms with Gasteiger partial charge in [0.15, 0.2) is 0 Å². The lowest BCUT2D eigenvalue weighted by atomic mass is 10.0. The second-order valence-electron chi connectivity index (χ2n) is 13.0. The van der Waals surface area contributed by atoms with Crippen LogP contribution in [0.1, 0.15) is 78.4 Å². The molecule has 0 spiro atoms. The van der Waals surface area contributed by atoms with E-state index in [1.54, 1.807) is 11.8 Å². The Balaban J connectivity index is 1.37. The van der Waals surface area contributed by atoms with Gasteiger partial charge < -0.3 is 19.3 Å². The minimum absolute atomic E-state index is 0.178. The quantitative estimate of drug-likeness (QED) is 0.273.